The molecule has 5 rings (SSSR count). The number of benzene rings is 1. The second-order valence-electron chi connectivity index (χ2n) is 5.87. The van der Waals surface area contributed by atoms with E-state index in [2.05, 4.69) is 0 Å². The molecule has 4 nitrogen and oxygen atoms in total. The number of ether oxygens (including phenoxy) is 2. The smallest absolute Gasteiger partial charge is 0.165 e. The first-order valence-corrected chi connectivity index (χ1v) is 7.04. The van der Waals surface area contributed by atoms with Gasteiger partial charge in [0.2, 0.25) is 0 Å². The van der Waals surface area contributed by atoms with Crippen LogP contribution in [0.15, 0.2) is 24.2 Å². The Bertz CT molecular complexity index is 1140. The molecule has 22 heavy (non-hydrogen) atoms. The molecule has 2 heterocycles. The average molecular weight is 310 g/mol. The van der Waals surface area contributed by atoms with Gasteiger partial charge in [0.1, 0.15) is 12.2 Å². The van der Waals surface area contributed by atoms with Crippen molar-refractivity contribution in [3.63, 3.8) is 0 Å². The fourth-order valence-corrected chi connectivity index (χ4v) is 3.93. The van der Waals surface area contributed by atoms with Crippen molar-refractivity contribution in [3.8, 4) is 11.5 Å². The van der Waals surface area contributed by atoms with Crippen LogP contribution in [0.4, 0.5) is 0 Å². The maximum Gasteiger partial charge on any atom is 0.165 e. The van der Waals surface area contributed by atoms with Crippen LogP contribution in [0.1, 0.15) is 32.6 Å². The summed E-state index contributed by atoms with van der Waals surface area (Å²) in [4.78, 5) is 1.29. The molecule has 1 fully saturated rings. The highest BCUT2D eigenvalue weighted by Gasteiger charge is 2.64. The van der Waals surface area contributed by atoms with Gasteiger partial charge in [-0.2, -0.15) is 0 Å². The van der Waals surface area contributed by atoms with Crippen LogP contribution in [0, 0.1) is 5.89 Å². The van der Waals surface area contributed by atoms with E-state index in [0.717, 1.165) is 12.2 Å². The Hall–Kier alpha value is -1.52. The number of hydrogen-bond acceptors (Lipinski definition) is 4. The Morgan fingerprint density at radius 2 is 2.50 bits per heavy atom. The van der Waals surface area contributed by atoms with E-state index in [0.29, 0.717) is 0 Å². The summed E-state index contributed by atoms with van der Waals surface area (Å²) < 4.78 is 104. The minimum Gasteiger partial charge on any atom is -0.493 e. The predicted octanol–water partition coefficient (Wildman–Crippen LogP) is 1.50. The number of aliphatic hydroxyl groups is 1. The Morgan fingerprint density at radius 1 is 1.59 bits per heavy atom. The molecule has 4 aliphatic rings. The highest BCUT2D eigenvalue weighted by atomic mass is 16.5. The van der Waals surface area contributed by atoms with Crippen LogP contribution in [0.5, 0.6) is 11.5 Å². The van der Waals surface area contributed by atoms with Crippen LogP contribution in [-0.2, 0) is 11.8 Å². The van der Waals surface area contributed by atoms with Gasteiger partial charge in [-0.25, -0.2) is 0 Å². The number of likely N-dealkylation sites (tertiary alicyclic amines) is 1. The second kappa shape index (κ2) is 4.06. The first kappa shape index (κ1) is 6.17. The topological polar surface area (TPSA) is 41.9 Å². The lowest BCUT2D eigenvalue weighted by atomic mass is 9.53. The summed E-state index contributed by atoms with van der Waals surface area (Å²) >= 11 is 0. The zero-order valence-corrected chi connectivity index (χ0v) is 11.8. The molecule has 0 radical (unpaired) electrons. The molecule has 0 saturated carbocycles. The van der Waals surface area contributed by atoms with Crippen LogP contribution < -0.4 is 9.47 Å². The normalized spacial score (nSPS) is 64.5. The van der Waals surface area contributed by atoms with Gasteiger partial charge in [-0.1, -0.05) is 18.2 Å². The second-order valence-corrected chi connectivity index (χ2v) is 5.87. The molecular formula is C18H21NO3. The summed E-state index contributed by atoms with van der Waals surface area (Å²) in [5, 5.41) is 10.9. The molecule has 2 aliphatic carbocycles. The van der Waals surface area contributed by atoms with Crippen molar-refractivity contribution in [1.29, 1.82) is 0 Å². The van der Waals surface area contributed by atoms with E-state index in [-0.39, 0.29) is 18.5 Å². The van der Waals surface area contributed by atoms with Gasteiger partial charge in [0, 0.05) is 28.4 Å². The molecule has 2 bridgehead atoms. The van der Waals surface area contributed by atoms with Gasteiger partial charge in [-0.15, -0.1) is 0 Å². The molecule has 0 aromatic heterocycles. The minimum atomic E-state index is -3.09. The molecule has 2 aliphatic heterocycles. The number of likely N-dealkylation sites (N-methyl/N-ethyl adjacent to an activating group) is 1. The number of nitrogens with zero attached hydrogens (tertiary/aromatic N) is 1. The van der Waals surface area contributed by atoms with Crippen molar-refractivity contribution in [1.82, 2.24) is 4.90 Å². The van der Waals surface area contributed by atoms with E-state index in [4.69, 9.17) is 21.8 Å². The average Bonchev–Trinajstić information content (AvgIpc) is 2.95. The van der Waals surface area contributed by atoms with Crippen LogP contribution >= 0.6 is 0 Å². The SMILES string of the molecule is [2H]c1c([2H])c2c3c(c1OC([2H])([2H])[2H])OC1([2H])C([2H])(O)C=C[C@]4([2H])[C@@]31CCN(C)[C@]4([2H])C2([2H])[2H]. The van der Waals surface area contributed by atoms with Crippen molar-refractivity contribution < 1.29 is 29.7 Å². The van der Waals surface area contributed by atoms with Crippen molar-refractivity contribution >= 4 is 0 Å². The van der Waals surface area contributed by atoms with E-state index in [9.17, 15) is 7.85 Å². The number of hydrogen-bond donors (Lipinski definition) is 1. The summed E-state index contributed by atoms with van der Waals surface area (Å²) in [7, 11) is -1.65. The predicted molar refractivity (Wildman–Crippen MR) is 82.5 cm³/mol. The monoisotopic (exact) mass is 310 g/mol. The number of methoxy groups -OCH3 is 1. The molecule has 1 N–H and O–H groups in total. The summed E-state index contributed by atoms with van der Waals surface area (Å²) in [6.07, 6.45) is -6.55. The zero-order chi connectivity index (χ0) is 24.8. The van der Waals surface area contributed by atoms with Gasteiger partial charge in [-0.05, 0) is 38.0 Å². The Morgan fingerprint density at radius 3 is 3.36 bits per heavy atom. The summed E-state index contributed by atoms with van der Waals surface area (Å²) in [5.41, 5.74) is -2.79. The molecular weight excluding hydrogens is 278 g/mol. The Balaban J connectivity index is 2.03. The standard InChI is InChI=1S/C18H21NO3/c1-19-8-7-18-11-4-5-13(20)17(18)22-16-14(21-2)6-3-10(15(16)18)9-12(11)19/h3-6,11-13,17,20H,7-9H2,1-2H3/t11-,12+,13?,17?,18-/m0/s1/i2D3,3D,6D,9D2,11D,12D,13D,17D. The fourth-order valence-electron chi connectivity index (χ4n) is 3.93. The van der Waals surface area contributed by atoms with Crippen LogP contribution in [0.3, 0.4) is 0 Å². The van der Waals surface area contributed by atoms with Gasteiger partial charge in [-0.3, -0.25) is 0 Å². The third-order valence-corrected chi connectivity index (χ3v) is 4.91. The van der Waals surface area contributed by atoms with Crippen LogP contribution in [0.2, 0.25) is 0 Å². The molecule has 1 spiro atoms. The summed E-state index contributed by atoms with van der Waals surface area (Å²) in [6.45, 7) is -0.0121. The molecule has 4 heteroatoms. The first-order chi connectivity index (χ1) is 14.8. The first-order valence-electron chi connectivity index (χ1n) is 12.5. The molecule has 1 saturated heterocycles. The maximum atomic E-state index is 10.9. The molecule has 116 valence electrons. The van der Waals surface area contributed by atoms with Crippen molar-refractivity contribution in [2.24, 2.45) is 5.89 Å². The largest absolute Gasteiger partial charge is 0.493 e. The van der Waals surface area contributed by atoms with E-state index in [1.807, 2.05) is 0 Å². The van der Waals surface area contributed by atoms with Crippen molar-refractivity contribution in [3.05, 3.63) is 35.4 Å². The maximum absolute atomic E-state index is 10.9. The van der Waals surface area contributed by atoms with E-state index < -0.39 is 72.0 Å². The summed E-state index contributed by atoms with van der Waals surface area (Å²) in [5.74, 6) is -3.60. The van der Waals surface area contributed by atoms with Gasteiger partial charge in [0.05, 0.1) is 16.6 Å². The number of piperidine rings is 1. The molecule has 2 unspecified atom stereocenters. The minimum absolute atomic E-state index is 0.0121. The van der Waals surface area contributed by atoms with Gasteiger partial charge < -0.3 is 19.5 Å². The van der Waals surface area contributed by atoms with Crippen LogP contribution in [0.25, 0.3) is 0 Å². The van der Waals surface area contributed by atoms with E-state index in [1.54, 1.807) is 0 Å². The van der Waals surface area contributed by atoms with Crippen molar-refractivity contribution in [2.45, 2.75) is 36.4 Å². The summed E-state index contributed by atoms with van der Waals surface area (Å²) in [6, 6.07) is -4.03. The molecule has 0 amide bonds. The van der Waals surface area contributed by atoms with Crippen LogP contribution in [-0.4, -0.2) is 48.8 Å². The highest BCUT2D eigenvalue weighted by molar-refractivity contribution is 5.62. The molecule has 1 aromatic carbocycles. The third kappa shape index (κ3) is 1.28. The van der Waals surface area contributed by atoms with Gasteiger partial charge >= 0.3 is 0 Å². The van der Waals surface area contributed by atoms with Gasteiger partial charge in [0.15, 0.2) is 11.5 Å². The molecule has 5 atom stereocenters. The van der Waals surface area contributed by atoms with E-state index in [1.165, 1.54) is 11.9 Å². The molecule has 1 aromatic rings. The number of rotatable bonds is 1. The third-order valence-electron chi connectivity index (χ3n) is 4.91. The Kier molecular flexibility index (Phi) is 1.14. The zero-order valence-electron chi connectivity index (χ0n) is 22.8. The van der Waals surface area contributed by atoms with E-state index >= 15 is 0 Å². The quantitative estimate of drug-likeness (QED) is 0.798. The Labute approximate surface area is 145 Å². The lowest BCUT2D eigenvalue weighted by Crippen LogP contribution is -2.64. The fraction of sp³-hybridized carbons (Fsp3) is 0.556. The highest BCUT2D eigenvalue weighted by Crippen LogP contribution is 2.62. The lowest BCUT2D eigenvalue weighted by molar-refractivity contribution is -0.0453. The van der Waals surface area contributed by atoms with Gasteiger partial charge in [0.25, 0.3) is 0 Å². The van der Waals surface area contributed by atoms with Crippen molar-refractivity contribution in [2.75, 3.05) is 20.6 Å². The lowest BCUT2D eigenvalue weighted by Gasteiger charge is -2.56.